The molecule has 140 valence electrons. The number of anilines is 1. The lowest BCUT2D eigenvalue weighted by molar-refractivity contribution is -0.137. The van der Waals surface area contributed by atoms with E-state index in [1.807, 2.05) is 27.7 Å². The molecule has 0 atom stereocenters. The van der Waals surface area contributed by atoms with Crippen molar-refractivity contribution < 1.29 is 22.8 Å². The van der Waals surface area contributed by atoms with Gasteiger partial charge in [0.2, 0.25) is 11.8 Å². The molecular weight excluding hydrogens is 335 g/mol. The van der Waals surface area contributed by atoms with Crippen LogP contribution in [0.3, 0.4) is 0 Å². The summed E-state index contributed by atoms with van der Waals surface area (Å²) >= 11 is 0. The highest BCUT2D eigenvalue weighted by molar-refractivity contribution is 5.92. The Kier molecular flexibility index (Phi) is 6.98. The predicted molar refractivity (Wildman–Crippen MR) is 90.1 cm³/mol. The summed E-state index contributed by atoms with van der Waals surface area (Å²) in [5.74, 6) is -0.596. The van der Waals surface area contributed by atoms with Crippen molar-refractivity contribution in [3.8, 4) is 0 Å². The molecule has 0 aromatic heterocycles. The van der Waals surface area contributed by atoms with E-state index in [2.05, 4.69) is 10.6 Å². The Balaban J connectivity index is 2.57. The molecule has 0 aliphatic carbocycles. The first-order valence-electron chi connectivity index (χ1n) is 7.91. The number of likely N-dealkylation sites (N-methyl/N-ethyl adjacent to an activating group) is 1. The van der Waals surface area contributed by atoms with E-state index in [0.717, 1.165) is 12.1 Å². The molecule has 0 aliphatic rings. The molecule has 1 aromatic rings. The lowest BCUT2D eigenvalue weighted by Gasteiger charge is -2.24. The van der Waals surface area contributed by atoms with E-state index in [1.54, 1.807) is 4.90 Å². The van der Waals surface area contributed by atoms with Crippen LogP contribution < -0.4 is 10.6 Å². The van der Waals surface area contributed by atoms with E-state index in [4.69, 9.17) is 0 Å². The van der Waals surface area contributed by atoms with Gasteiger partial charge in [0.25, 0.3) is 0 Å². The van der Waals surface area contributed by atoms with Crippen LogP contribution >= 0.6 is 0 Å². The Morgan fingerprint density at radius 1 is 1.00 bits per heavy atom. The molecular formula is C17H24F3N3O2. The fraction of sp³-hybridized carbons (Fsp3) is 0.529. The standard InChI is InChI=1S/C17H24F3N3O2/c1-5-23(11-15(25)22-16(2,3)4)10-14(24)21-13-8-6-12(7-9-13)17(18,19)20/h6-9H,5,10-11H2,1-4H3,(H,21,24)(H,22,25). The van der Waals surface area contributed by atoms with Crippen molar-refractivity contribution in [2.45, 2.75) is 39.4 Å². The molecule has 0 saturated heterocycles. The molecule has 2 amide bonds. The number of hydrogen-bond donors (Lipinski definition) is 2. The van der Waals surface area contributed by atoms with E-state index >= 15 is 0 Å². The summed E-state index contributed by atoms with van der Waals surface area (Å²) in [7, 11) is 0. The third kappa shape index (κ3) is 8.02. The third-order valence-electron chi connectivity index (χ3n) is 3.19. The Labute approximate surface area is 145 Å². The number of hydrogen-bond acceptors (Lipinski definition) is 3. The molecule has 0 heterocycles. The van der Waals surface area contributed by atoms with E-state index in [0.29, 0.717) is 6.54 Å². The monoisotopic (exact) mass is 359 g/mol. The third-order valence-corrected chi connectivity index (χ3v) is 3.19. The summed E-state index contributed by atoms with van der Waals surface area (Å²) in [5.41, 5.74) is -0.869. The maximum Gasteiger partial charge on any atom is 0.416 e. The van der Waals surface area contributed by atoms with Gasteiger partial charge < -0.3 is 10.6 Å². The minimum Gasteiger partial charge on any atom is -0.350 e. The molecule has 0 bridgehead atoms. The zero-order valence-corrected chi connectivity index (χ0v) is 14.8. The number of nitrogens with zero attached hydrogens (tertiary/aromatic N) is 1. The van der Waals surface area contributed by atoms with Gasteiger partial charge in [-0.3, -0.25) is 14.5 Å². The molecule has 1 aromatic carbocycles. The molecule has 1 rings (SSSR count). The van der Waals surface area contributed by atoms with Gasteiger partial charge in [0.15, 0.2) is 0 Å². The number of benzene rings is 1. The first-order chi connectivity index (χ1) is 11.4. The number of rotatable bonds is 6. The van der Waals surface area contributed by atoms with Crippen molar-refractivity contribution in [1.29, 1.82) is 0 Å². The average molecular weight is 359 g/mol. The Morgan fingerprint density at radius 3 is 1.96 bits per heavy atom. The molecule has 8 heteroatoms. The maximum atomic E-state index is 12.5. The minimum atomic E-state index is -4.41. The van der Waals surface area contributed by atoms with Crippen LogP contribution in [0.2, 0.25) is 0 Å². The number of carbonyl (C=O) groups excluding carboxylic acids is 2. The molecule has 0 saturated carbocycles. The van der Waals surface area contributed by atoms with Gasteiger partial charge in [-0.2, -0.15) is 13.2 Å². The van der Waals surface area contributed by atoms with Crippen LogP contribution in [0.25, 0.3) is 0 Å². The molecule has 0 radical (unpaired) electrons. The van der Waals surface area contributed by atoms with Crippen LogP contribution in [0, 0.1) is 0 Å². The van der Waals surface area contributed by atoms with Crippen LogP contribution in [-0.2, 0) is 15.8 Å². The average Bonchev–Trinajstić information content (AvgIpc) is 2.44. The second-order valence-corrected chi connectivity index (χ2v) is 6.72. The van der Waals surface area contributed by atoms with Crippen molar-refractivity contribution in [3.63, 3.8) is 0 Å². The first kappa shape index (κ1) is 21.0. The van der Waals surface area contributed by atoms with Crippen LogP contribution in [-0.4, -0.2) is 41.9 Å². The molecule has 0 aliphatic heterocycles. The molecule has 5 nitrogen and oxygen atoms in total. The van der Waals surface area contributed by atoms with Crippen LogP contribution in [0.15, 0.2) is 24.3 Å². The lowest BCUT2D eigenvalue weighted by atomic mass is 10.1. The molecule has 0 fully saturated rings. The largest absolute Gasteiger partial charge is 0.416 e. The summed E-state index contributed by atoms with van der Waals surface area (Å²) in [6.45, 7) is 7.91. The SMILES string of the molecule is CCN(CC(=O)Nc1ccc(C(F)(F)F)cc1)CC(=O)NC(C)(C)C. The Morgan fingerprint density at radius 2 is 1.52 bits per heavy atom. The van der Waals surface area contributed by atoms with Crippen LogP contribution in [0.5, 0.6) is 0 Å². The lowest BCUT2D eigenvalue weighted by Crippen LogP contribution is -2.47. The van der Waals surface area contributed by atoms with E-state index in [-0.39, 0.29) is 30.2 Å². The van der Waals surface area contributed by atoms with Crippen molar-refractivity contribution in [2.75, 3.05) is 25.0 Å². The van der Waals surface area contributed by atoms with Gasteiger partial charge in [0.1, 0.15) is 0 Å². The van der Waals surface area contributed by atoms with Crippen molar-refractivity contribution in [2.24, 2.45) is 0 Å². The van der Waals surface area contributed by atoms with Crippen LogP contribution in [0.4, 0.5) is 18.9 Å². The zero-order chi connectivity index (χ0) is 19.3. The maximum absolute atomic E-state index is 12.5. The highest BCUT2D eigenvalue weighted by atomic mass is 19.4. The highest BCUT2D eigenvalue weighted by Gasteiger charge is 2.30. The summed E-state index contributed by atoms with van der Waals surface area (Å²) < 4.78 is 37.5. The number of halogens is 3. The number of alkyl halides is 3. The molecule has 25 heavy (non-hydrogen) atoms. The highest BCUT2D eigenvalue weighted by Crippen LogP contribution is 2.29. The molecule has 0 unspecified atom stereocenters. The van der Waals surface area contributed by atoms with Crippen LogP contribution in [0.1, 0.15) is 33.3 Å². The summed E-state index contributed by atoms with van der Waals surface area (Å²) in [5, 5.41) is 5.34. The quantitative estimate of drug-likeness (QED) is 0.821. The number of nitrogens with one attached hydrogen (secondary N) is 2. The van der Waals surface area contributed by atoms with Gasteiger partial charge in [-0.25, -0.2) is 0 Å². The fourth-order valence-corrected chi connectivity index (χ4v) is 2.09. The first-order valence-corrected chi connectivity index (χ1v) is 7.91. The van der Waals surface area contributed by atoms with Gasteiger partial charge in [-0.1, -0.05) is 6.92 Å². The second kappa shape index (κ2) is 8.33. The Bertz CT molecular complexity index is 593. The minimum absolute atomic E-state index is 0.0327. The second-order valence-electron chi connectivity index (χ2n) is 6.72. The predicted octanol–water partition coefficient (Wildman–Crippen LogP) is 2.88. The molecule has 0 spiro atoms. The Hall–Kier alpha value is -2.09. The van der Waals surface area contributed by atoms with Gasteiger partial charge in [0.05, 0.1) is 18.7 Å². The summed E-state index contributed by atoms with van der Waals surface area (Å²) in [6.07, 6.45) is -4.41. The summed E-state index contributed by atoms with van der Waals surface area (Å²) in [4.78, 5) is 25.6. The zero-order valence-electron chi connectivity index (χ0n) is 14.8. The van der Waals surface area contributed by atoms with Gasteiger partial charge in [-0.05, 0) is 51.6 Å². The molecule has 2 N–H and O–H groups in total. The van der Waals surface area contributed by atoms with E-state index in [1.165, 1.54) is 12.1 Å². The fourth-order valence-electron chi connectivity index (χ4n) is 2.09. The topological polar surface area (TPSA) is 61.4 Å². The normalized spacial score (nSPS) is 12.2. The summed E-state index contributed by atoms with van der Waals surface area (Å²) in [6, 6.07) is 4.21. The smallest absolute Gasteiger partial charge is 0.350 e. The van der Waals surface area contributed by atoms with Gasteiger partial charge >= 0.3 is 6.18 Å². The van der Waals surface area contributed by atoms with Crippen molar-refractivity contribution in [1.82, 2.24) is 10.2 Å². The van der Waals surface area contributed by atoms with Gasteiger partial charge in [0, 0.05) is 11.2 Å². The van der Waals surface area contributed by atoms with Crippen molar-refractivity contribution >= 4 is 17.5 Å². The van der Waals surface area contributed by atoms with E-state index < -0.39 is 17.6 Å². The number of amides is 2. The van der Waals surface area contributed by atoms with Gasteiger partial charge in [-0.15, -0.1) is 0 Å². The van der Waals surface area contributed by atoms with E-state index in [9.17, 15) is 22.8 Å². The number of carbonyl (C=O) groups is 2. The van der Waals surface area contributed by atoms with Crippen molar-refractivity contribution in [3.05, 3.63) is 29.8 Å².